The zero-order valence-corrected chi connectivity index (χ0v) is 8.62. The SMILES string of the molecule is CCN(CC1CCC1)C(=O)[C@H](C)N. The molecule has 1 atom stereocenters. The maximum absolute atomic E-state index is 11.6. The minimum atomic E-state index is -0.347. The van der Waals surface area contributed by atoms with Crippen LogP contribution in [-0.2, 0) is 4.79 Å². The lowest BCUT2D eigenvalue weighted by atomic mass is 9.85. The van der Waals surface area contributed by atoms with Gasteiger partial charge in [0.25, 0.3) is 0 Å². The zero-order chi connectivity index (χ0) is 9.84. The molecule has 0 aromatic heterocycles. The first kappa shape index (κ1) is 10.5. The second-order valence-electron chi connectivity index (χ2n) is 3.96. The molecule has 1 saturated carbocycles. The third-order valence-corrected chi connectivity index (χ3v) is 2.79. The van der Waals surface area contributed by atoms with Crippen molar-refractivity contribution in [2.24, 2.45) is 11.7 Å². The summed E-state index contributed by atoms with van der Waals surface area (Å²) in [5, 5.41) is 0. The van der Waals surface area contributed by atoms with Gasteiger partial charge in [-0.15, -0.1) is 0 Å². The Balaban J connectivity index is 2.36. The lowest BCUT2D eigenvalue weighted by Gasteiger charge is -2.32. The third-order valence-electron chi connectivity index (χ3n) is 2.79. The maximum Gasteiger partial charge on any atom is 0.239 e. The van der Waals surface area contributed by atoms with Crippen LogP contribution in [0.25, 0.3) is 0 Å². The van der Waals surface area contributed by atoms with Crippen molar-refractivity contribution in [2.75, 3.05) is 13.1 Å². The molecule has 1 rings (SSSR count). The summed E-state index contributed by atoms with van der Waals surface area (Å²) < 4.78 is 0. The van der Waals surface area contributed by atoms with Crippen molar-refractivity contribution in [3.05, 3.63) is 0 Å². The number of rotatable bonds is 4. The molecule has 3 nitrogen and oxygen atoms in total. The van der Waals surface area contributed by atoms with Gasteiger partial charge in [-0.25, -0.2) is 0 Å². The average molecular weight is 184 g/mol. The molecule has 1 aliphatic carbocycles. The van der Waals surface area contributed by atoms with Gasteiger partial charge in [0.1, 0.15) is 0 Å². The summed E-state index contributed by atoms with van der Waals surface area (Å²) in [6.45, 7) is 5.47. The smallest absolute Gasteiger partial charge is 0.239 e. The van der Waals surface area contributed by atoms with Gasteiger partial charge < -0.3 is 10.6 Å². The molecule has 0 bridgehead atoms. The number of carbonyl (C=O) groups is 1. The number of carbonyl (C=O) groups excluding carboxylic acids is 1. The highest BCUT2D eigenvalue weighted by atomic mass is 16.2. The van der Waals surface area contributed by atoms with Crippen molar-refractivity contribution in [1.29, 1.82) is 0 Å². The molecule has 0 heterocycles. The summed E-state index contributed by atoms with van der Waals surface area (Å²) >= 11 is 0. The minimum Gasteiger partial charge on any atom is -0.341 e. The van der Waals surface area contributed by atoms with Crippen LogP contribution in [0.15, 0.2) is 0 Å². The molecule has 1 amide bonds. The van der Waals surface area contributed by atoms with Crippen molar-refractivity contribution in [3.63, 3.8) is 0 Å². The first-order valence-electron chi connectivity index (χ1n) is 5.19. The Morgan fingerprint density at radius 2 is 2.23 bits per heavy atom. The monoisotopic (exact) mass is 184 g/mol. The van der Waals surface area contributed by atoms with Gasteiger partial charge in [0.05, 0.1) is 6.04 Å². The Morgan fingerprint density at radius 3 is 2.54 bits per heavy atom. The number of likely N-dealkylation sites (N-methyl/N-ethyl adjacent to an activating group) is 1. The molecule has 1 fully saturated rings. The van der Waals surface area contributed by atoms with E-state index < -0.39 is 0 Å². The van der Waals surface area contributed by atoms with Gasteiger partial charge in [-0.2, -0.15) is 0 Å². The van der Waals surface area contributed by atoms with Crippen molar-refractivity contribution < 1.29 is 4.79 Å². The summed E-state index contributed by atoms with van der Waals surface area (Å²) in [5.74, 6) is 0.831. The van der Waals surface area contributed by atoms with E-state index in [-0.39, 0.29) is 11.9 Å². The van der Waals surface area contributed by atoms with Crippen LogP contribution < -0.4 is 5.73 Å². The van der Waals surface area contributed by atoms with E-state index in [0.717, 1.165) is 19.0 Å². The van der Waals surface area contributed by atoms with Gasteiger partial charge in [0, 0.05) is 13.1 Å². The molecule has 3 heteroatoms. The van der Waals surface area contributed by atoms with Gasteiger partial charge >= 0.3 is 0 Å². The molecule has 0 spiro atoms. The minimum absolute atomic E-state index is 0.0920. The Hall–Kier alpha value is -0.570. The lowest BCUT2D eigenvalue weighted by Crippen LogP contribution is -2.45. The van der Waals surface area contributed by atoms with Crippen LogP contribution in [0.5, 0.6) is 0 Å². The molecule has 13 heavy (non-hydrogen) atoms. The molecule has 0 aliphatic heterocycles. The van der Waals surface area contributed by atoms with Crippen LogP contribution >= 0.6 is 0 Å². The molecule has 0 aromatic carbocycles. The highest BCUT2D eigenvalue weighted by Gasteiger charge is 2.23. The van der Waals surface area contributed by atoms with Crippen LogP contribution in [0.2, 0.25) is 0 Å². The van der Waals surface area contributed by atoms with Gasteiger partial charge in [-0.3, -0.25) is 4.79 Å². The molecule has 0 radical (unpaired) electrons. The Kier molecular flexibility index (Phi) is 3.72. The van der Waals surface area contributed by atoms with E-state index in [0.29, 0.717) is 0 Å². The van der Waals surface area contributed by atoms with Gasteiger partial charge in [0.2, 0.25) is 5.91 Å². The third kappa shape index (κ3) is 2.69. The Morgan fingerprint density at radius 1 is 1.62 bits per heavy atom. The van der Waals surface area contributed by atoms with E-state index in [1.807, 2.05) is 11.8 Å². The second kappa shape index (κ2) is 4.61. The van der Waals surface area contributed by atoms with Crippen LogP contribution in [-0.4, -0.2) is 29.9 Å². The molecule has 0 aromatic rings. The number of hydrogen-bond donors (Lipinski definition) is 1. The standard InChI is InChI=1S/C10H20N2O/c1-3-12(10(13)8(2)11)7-9-5-4-6-9/h8-9H,3-7,11H2,1-2H3/t8-/m0/s1. The summed E-state index contributed by atoms with van der Waals surface area (Å²) in [5.41, 5.74) is 5.56. The highest BCUT2D eigenvalue weighted by molar-refractivity contribution is 5.81. The fourth-order valence-electron chi connectivity index (χ4n) is 1.65. The number of amides is 1. The fraction of sp³-hybridized carbons (Fsp3) is 0.900. The van der Waals surface area contributed by atoms with E-state index >= 15 is 0 Å². The van der Waals surface area contributed by atoms with Gasteiger partial charge in [-0.1, -0.05) is 6.42 Å². The Labute approximate surface area is 80.3 Å². The summed E-state index contributed by atoms with van der Waals surface area (Å²) in [4.78, 5) is 13.4. The predicted octanol–water partition coefficient (Wildman–Crippen LogP) is 0.982. The highest BCUT2D eigenvalue weighted by Crippen LogP contribution is 2.27. The van der Waals surface area contributed by atoms with Crippen molar-refractivity contribution in [3.8, 4) is 0 Å². The quantitative estimate of drug-likeness (QED) is 0.708. The molecule has 0 saturated heterocycles. The normalized spacial score (nSPS) is 19.3. The van der Waals surface area contributed by atoms with Crippen LogP contribution in [0, 0.1) is 5.92 Å². The zero-order valence-electron chi connectivity index (χ0n) is 8.62. The lowest BCUT2D eigenvalue weighted by molar-refractivity contribution is -0.133. The number of hydrogen-bond acceptors (Lipinski definition) is 2. The molecule has 76 valence electrons. The molecular weight excluding hydrogens is 164 g/mol. The van der Waals surface area contributed by atoms with Crippen molar-refractivity contribution in [1.82, 2.24) is 4.90 Å². The summed E-state index contributed by atoms with van der Waals surface area (Å²) in [6.07, 6.45) is 3.89. The van der Waals surface area contributed by atoms with Crippen LogP contribution in [0.1, 0.15) is 33.1 Å². The van der Waals surface area contributed by atoms with E-state index in [1.54, 1.807) is 6.92 Å². The summed E-state index contributed by atoms with van der Waals surface area (Å²) in [7, 11) is 0. The second-order valence-corrected chi connectivity index (χ2v) is 3.96. The van der Waals surface area contributed by atoms with Gasteiger partial charge in [-0.05, 0) is 32.6 Å². The van der Waals surface area contributed by atoms with E-state index in [1.165, 1.54) is 19.3 Å². The Bertz CT molecular complexity index is 176. The van der Waals surface area contributed by atoms with E-state index in [4.69, 9.17) is 5.73 Å². The molecule has 1 aliphatic rings. The van der Waals surface area contributed by atoms with E-state index in [2.05, 4.69) is 0 Å². The number of nitrogens with zero attached hydrogens (tertiary/aromatic N) is 1. The predicted molar refractivity (Wildman–Crippen MR) is 53.2 cm³/mol. The summed E-state index contributed by atoms with van der Waals surface area (Å²) in [6, 6.07) is -0.347. The largest absolute Gasteiger partial charge is 0.341 e. The van der Waals surface area contributed by atoms with E-state index in [9.17, 15) is 4.79 Å². The first-order chi connectivity index (χ1) is 6.15. The van der Waals surface area contributed by atoms with Crippen molar-refractivity contribution >= 4 is 5.91 Å². The van der Waals surface area contributed by atoms with Crippen molar-refractivity contribution in [2.45, 2.75) is 39.2 Å². The first-order valence-corrected chi connectivity index (χ1v) is 5.19. The number of nitrogens with two attached hydrogens (primary N) is 1. The average Bonchev–Trinajstić information content (AvgIpc) is 2.02. The molecule has 0 unspecified atom stereocenters. The van der Waals surface area contributed by atoms with Crippen LogP contribution in [0.3, 0.4) is 0 Å². The van der Waals surface area contributed by atoms with Gasteiger partial charge in [0.15, 0.2) is 0 Å². The topological polar surface area (TPSA) is 46.3 Å². The molecule has 2 N–H and O–H groups in total. The van der Waals surface area contributed by atoms with Crippen LogP contribution in [0.4, 0.5) is 0 Å². The molecular formula is C10H20N2O. The fourth-order valence-corrected chi connectivity index (χ4v) is 1.65. The maximum atomic E-state index is 11.6.